The Morgan fingerprint density at radius 1 is 0.968 bits per heavy atom. The van der Waals surface area contributed by atoms with E-state index in [0.29, 0.717) is 22.2 Å². The largest absolute Gasteiger partial charge is 0.430 e. The van der Waals surface area contributed by atoms with Gasteiger partial charge in [-0.3, -0.25) is 0 Å². The smallest absolute Gasteiger partial charge is 0.353 e. The van der Waals surface area contributed by atoms with E-state index >= 15 is 0 Å². The van der Waals surface area contributed by atoms with Gasteiger partial charge in [0.2, 0.25) is 0 Å². The number of rotatable bonds is 6. The first-order chi connectivity index (χ1) is 14.8. The predicted octanol–water partition coefficient (Wildman–Crippen LogP) is 6.40. The molecule has 2 heterocycles. The summed E-state index contributed by atoms with van der Waals surface area (Å²) in [5.74, 6) is 3.43. The summed E-state index contributed by atoms with van der Waals surface area (Å²) < 4.78 is 5.54. The molecule has 0 bridgehead atoms. The molecule has 0 amide bonds. The molecule has 1 aromatic heterocycles. The SMILES string of the molecule is CC(C)[Si](C#Cc1c(N2CCCC2)c(Cc2ccccc2)coc1=O)(C(C)C)C(C)C. The number of anilines is 1. The molecule has 0 atom stereocenters. The fourth-order valence-electron chi connectivity index (χ4n) is 5.45. The van der Waals surface area contributed by atoms with Crippen molar-refractivity contribution >= 4 is 13.8 Å². The molecule has 0 N–H and O–H groups in total. The van der Waals surface area contributed by atoms with E-state index in [1.165, 1.54) is 5.56 Å². The summed E-state index contributed by atoms with van der Waals surface area (Å²) in [4.78, 5) is 15.3. The molecule has 2 aromatic rings. The van der Waals surface area contributed by atoms with E-state index in [9.17, 15) is 4.79 Å². The van der Waals surface area contributed by atoms with Crippen molar-refractivity contribution in [1.29, 1.82) is 0 Å². The van der Waals surface area contributed by atoms with Crippen molar-refractivity contribution in [1.82, 2.24) is 0 Å². The molecule has 0 aliphatic carbocycles. The van der Waals surface area contributed by atoms with E-state index in [1.54, 1.807) is 6.26 Å². The molecule has 0 spiro atoms. The molecule has 3 nitrogen and oxygen atoms in total. The van der Waals surface area contributed by atoms with E-state index < -0.39 is 8.07 Å². The third kappa shape index (κ3) is 4.82. The lowest BCUT2D eigenvalue weighted by Gasteiger charge is -2.38. The lowest BCUT2D eigenvalue weighted by Crippen LogP contribution is -2.43. The first-order valence-electron chi connectivity index (χ1n) is 11.7. The fourth-order valence-corrected chi connectivity index (χ4v) is 10.7. The van der Waals surface area contributed by atoms with Gasteiger partial charge in [-0.15, -0.1) is 5.54 Å². The van der Waals surface area contributed by atoms with Crippen LogP contribution < -0.4 is 10.5 Å². The lowest BCUT2D eigenvalue weighted by molar-refractivity contribution is 0.502. The number of hydrogen-bond donors (Lipinski definition) is 0. The maximum absolute atomic E-state index is 12.9. The molecule has 31 heavy (non-hydrogen) atoms. The second kappa shape index (κ2) is 9.91. The Kier molecular flexibility index (Phi) is 7.49. The van der Waals surface area contributed by atoms with Crippen molar-refractivity contribution in [3.8, 4) is 11.5 Å². The molecule has 1 fully saturated rings. The van der Waals surface area contributed by atoms with Crippen LogP contribution in [0.25, 0.3) is 0 Å². The first-order valence-corrected chi connectivity index (χ1v) is 14.0. The average molecular weight is 436 g/mol. The van der Waals surface area contributed by atoms with Crippen molar-refractivity contribution in [3.05, 3.63) is 63.7 Å². The highest BCUT2D eigenvalue weighted by molar-refractivity contribution is 6.90. The van der Waals surface area contributed by atoms with Gasteiger partial charge in [0.15, 0.2) is 0 Å². The van der Waals surface area contributed by atoms with Crippen LogP contribution in [0.3, 0.4) is 0 Å². The molecule has 0 radical (unpaired) electrons. The van der Waals surface area contributed by atoms with E-state index in [-0.39, 0.29) is 5.63 Å². The average Bonchev–Trinajstić information content (AvgIpc) is 3.25. The molecule has 0 saturated carbocycles. The summed E-state index contributed by atoms with van der Waals surface area (Å²) in [6, 6.07) is 10.4. The van der Waals surface area contributed by atoms with Gasteiger partial charge in [-0.25, -0.2) is 4.79 Å². The zero-order chi connectivity index (χ0) is 22.6. The molecule has 1 saturated heterocycles. The third-order valence-corrected chi connectivity index (χ3v) is 13.3. The van der Waals surface area contributed by atoms with Crippen LogP contribution in [-0.2, 0) is 6.42 Å². The third-order valence-electron chi connectivity index (χ3n) is 6.98. The van der Waals surface area contributed by atoms with Crippen LogP contribution in [0.1, 0.15) is 71.1 Å². The topological polar surface area (TPSA) is 33.5 Å². The van der Waals surface area contributed by atoms with Crippen LogP contribution >= 0.6 is 0 Å². The molecule has 4 heteroatoms. The van der Waals surface area contributed by atoms with Gasteiger partial charge in [0.05, 0.1) is 5.69 Å². The number of nitrogens with zero attached hydrogens (tertiary/aromatic N) is 1. The van der Waals surface area contributed by atoms with Gasteiger partial charge in [0.25, 0.3) is 0 Å². The zero-order valence-corrected chi connectivity index (χ0v) is 21.0. The van der Waals surface area contributed by atoms with Gasteiger partial charge in [0, 0.05) is 25.1 Å². The first kappa shape index (κ1) is 23.4. The normalized spacial score (nSPS) is 14.4. The summed E-state index contributed by atoms with van der Waals surface area (Å²) in [7, 11) is -1.95. The second-order valence-electron chi connectivity index (χ2n) is 9.78. The van der Waals surface area contributed by atoms with Gasteiger partial charge < -0.3 is 9.32 Å². The Balaban J connectivity index is 2.17. The Hall–Kier alpha value is -2.25. The lowest BCUT2D eigenvalue weighted by atomic mass is 10.0. The number of hydrogen-bond acceptors (Lipinski definition) is 3. The van der Waals surface area contributed by atoms with Crippen molar-refractivity contribution in [2.75, 3.05) is 18.0 Å². The minimum atomic E-state index is -1.95. The quantitative estimate of drug-likeness (QED) is 0.389. The fraction of sp³-hybridized carbons (Fsp3) is 0.519. The summed E-state index contributed by atoms with van der Waals surface area (Å²) in [6.45, 7) is 15.8. The van der Waals surface area contributed by atoms with Crippen LogP contribution in [0.5, 0.6) is 0 Å². The molecule has 3 rings (SSSR count). The van der Waals surface area contributed by atoms with Crippen LogP contribution in [0, 0.1) is 11.5 Å². The van der Waals surface area contributed by atoms with Crippen molar-refractivity contribution in [3.63, 3.8) is 0 Å². The number of benzene rings is 1. The van der Waals surface area contributed by atoms with E-state index in [1.807, 2.05) is 6.07 Å². The summed E-state index contributed by atoms with van der Waals surface area (Å²) in [5.41, 5.74) is 8.85. The van der Waals surface area contributed by atoms with Crippen LogP contribution in [-0.4, -0.2) is 21.2 Å². The highest BCUT2D eigenvalue weighted by atomic mass is 28.3. The van der Waals surface area contributed by atoms with Gasteiger partial charge in [-0.05, 0) is 35.0 Å². The Bertz CT molecular complexity index is 968. The molecular weight excluding hydrogens is 398 g/mol. The van der Waals surface area contributed by atoms with Gasteiger partial charge in [-0.2, -0.15) is 0 Å². The van der Waals surface area contributed by atoms with Crippen LogP contribution in [0.2, 0.25) is 16.6 Å². The van der Waals surface area contributed by atoms with E-state index in [4.69, 9.17) is 4.42 Å². The molecule has 166 valence electrons. The predicted molar refractivity (Wildman–Crippen MR) is 134 cm³/mol. The second-order valence-corrected chi connectivity index (χ2v) is 15.4. The van der Waals surface area contributed by atoms with Crippen molar-refractivity contribution < 1.29 is 4.42 Å². The summed E-state index contributed by atoms with van der Waals surface area (Å²) >= 11 is 0. The van der Waals surface area contributed by atoms with Crippen LogP contribution in [0.4, 0.5) is 5.69 Å². The molecule has 1 aromatic carbocycles. The Morgan fingerprint density at radius 2 is 1.55 bits per heavy atom. The maximum atomic E-state index is 12.9. The molecule has 0 unspecified atom stereocenters. The molecule has 1 aliphatic rings. The van der Waals surface area contributed by atoms with Crippen LogP contribution in [0.15, 0.2) is 45.8 Å². The van der Waals surface area contributed by atoms with Gasteiger partial charge in [0.1, 0.15) is 19.9 Å². The van der Waals surface area contributed by atoms with E-state index in [0.717, 1.165) is 43.6 Å². The molecule has 1 aliphatic heterocycles. The molecular formula is C27H37NO2Si. The summed E-state index contributed by atoms with van der Waals surface area (Å²) in [6.07, 6.45) is 4.71. The Labute approximate surface area is 188 Å². The minimum absolute atomic E-state index is 0.301. The minimum Gasteiger partial charge on any atom is -0.430 e. The van der Waals surface area contributed by atoms with Gasteiger partial charge >= 0.3 is 5.63 Å². The van der Waals surface area contributed by atoms with E-state index in [2.05, 4.69) is 82.2 Å². The van der Waals surface area contributed by atoms with Crippen molar-refractivity contribution in [2.45, 2.75) is 77.4 Å². The summed E-state index contributed by atoms with van der Waals surface area (Å²) in [5, 5.41) is 0. The highest BCUT2D eigenvalue weighted by Crippen LogP contribution is 2.41. The monoisotopic (exact) mass is 435 g/mol. The van der Waals surface area contributed by atoms with Crippen molar-refractivity contribution in [2.24, 2.45) is 0 Å². The highest BCUT2D eigenvalue weighted by Gasteiger charge is 2.41. The zero-order valence-electron chi connectivity index (χ0n) is 20.0. The Morgan fingerprint density at radius 3 is 2.10 bits per heavy atom. The standard InChI is InChI=1S/C27H37NO2Si/c1-20(2)31(21(3)4,22(5)6)17-14-25-26(28-15-10-11-16-28)24(19-30-27(25)29)18-23-12-8-7-9-13-23/h7-9,12-13,19-22H,10-11,15-16,18H2,1-6H3. The maximum Gasteiger partial charge on any atom is 0.353 e. The van der Waals surface area contributed by atoms with Gasteiger partial charge in [-0.1, -0.05) is 77.8 Å².